The molecule has 2 bridgehead atoms. The molecule has 3 saturated heterocycles. The van der Waals surface area contributed by atoms with Gasteiger partial charge in [-0.3, -0.25) is 14.4 Å². The molecule has 3 unspecified atom stereocenters. The zero-order valence-corrected chi connectivity index (χ0v) is 30.7. The molecule has 1 N–H and O–H groups in total. The van der Waals surface area contributed by atoms with E-state index in [9.17, 15) is 19.5 Å². The molecule has 0 aromatic heterocycles. The van der Waals surface area contributed by atoms with Gasteiger partial charge in [0, 0.05) is 53.3 Å². The molecule has 2 aromatic rings. The number of aliphatic hydroxyl groups excluding tert-OH is 1. The number of hydrogen-bond donors (Lipinski definition) is 1. The van der Waals surface area contributed by atoms with Crippen LogP contribution < -0.4 is 19.4 Å². The molecule has 2 aromatic carbocycles. The Morgan fingerprint density at radius 3 is 2.06 bits per heavy atom. The Labute approximate surface area is 297 Å². The number of ether oxygens (including phenoxy) is 1. The third-order valence-corrected chi connectivity index (χ3v) is 13.1. The molecule has 3 fully saturated rings. The van der Waals surface area contributed by atoms with Gasteiger partial charge in [-0.2, -0.15) is 0 Å². The van der Waals surface area contributed by atoms with Crippen molar-refractivity contribution < 1.29 is 24.2 Å². The Morgan fingerprint density at radius 2 is 1.54 bits per heavy atom. The van der Waals surface area contributed by atoms with E-state index in [2.05, 4.69) is 47.8 Å². The number of benzene rings is 2. The number of hydrogen-bond acceptors (Lipinski definition) is 7. The second kappa shape index (κ2) is 15.1. The van der Waals surface area contributed by atoms with E-state index in [1.807, 2.05) is 55.5 Å². The third kappa shape index (κ3) is 6.18. The number of nitrogens with zero attached hydrogens (tertiary/aromatic N) is 4. The van der Waals surface area contributed by atoms with Crippen molar-refractivity contribution in [1.82, 2.24) is 4.90 Å². The fraction of sp³-hybridized carbons (Fsp3) is 0.486. The second-order valence-electron chi connectivity index (χ2n) is 12.5. The number of alkyl halides is 1. The fourth-order valence-electron chi connectivity index (χ4n) is 7.74. The van der Waals surface area contributed by atoms with Gasteiger partial charge >= 0.3 is 0 Å². The van der Waals surface area contributed by atoms with Gasteiger partial charge in [-0.15, -0.1) is 24.9 Å². The molecular formula is C37H47BrN4O5S. The van der Waals surface area contributed by atoms with Crippen molar-refractivity contribution in [2.45, 2.75) is 61.0 Å². The molecule has 9 nitrogen and oxygen atoms in total. The van der Waals surface area contributed by atoms with Gasteiger partial charge in [-0.05, 0) is 82.6 Å². The van der Waals surface area contributed by atoms with E-state index in [0.717, 1.165) is 18.8 Å². The van der Waals surface area contributed by atoms with Crippen molar-refractivity contribution in [3.05, 3.63) is 73.8 Å². The first-order valence-electron chi connectivity index (χ1n) is 16.8. The van der Waals surface area contributed by atoms with Crippen LogP contribution >= 0.6 is 27.7 Å². The third-order valence-electron chi connectivity index (χ3n) is 9.89. The number of rotatable bonds is 15. The Balaban J connectivity index is 1.55. The monoisotopic (exact) mass is 738 g/mol. The zero-order valence-electron chi connectivity index (χ0n) is 28.3. The van der Waals surface area contributed by atoms with Gasteiger partial charge in [0.25, 0.3) is 5.91 Å². The van der Waals surface area contributed by atoms with Crippen molar-refractivity contribution in [3.63, 3.8) is 0 Å². The Kier molecular flexibility index (Phi) is 11.3. The minimum atomic E-state index is -0.884. The lowest BCUT2D eigenvalue weighted by molar-refractivity contribution is -0.141. The Morgan fingerprint density at radius 1 is 1.00 bits per heavy atom. The molecule has 3 amide bonds. The SMILES string of the molecule is C=CCN(C(=O)C1N([C@H](C)CO)C(=O)[C@@H]2[C@@H](C(=O)N(CC=C)c3ccc(OCC)cc3)[C@@H]3SC12CC3Br)c1ccc(N(CC)CC)cc1. The van der Waals surface area contributed by atoms with E-state index in [0.29, 0.717) is 30.2 Å². The summed E-state index contributed by atoms with van der Waals surface area (Å²) in [6.07, 6.45) is 3.91. The minimum Gasteiger partial charge on any atom is -0.494 e. The smallest absolute Gasteiger partial charge is 0.251 e. The highest BCUT2D eigenvalue weighted by molar-refractivity contribution is 9.09. The number of likely N-dealkylation sites (tertiary alicyclic amines) is 1. The van der Waals surface area contributed by atoms with Gasteiger partial charge in [-0.1, -0.05) is 28.1 Å². The predicted octanol–water partition coefficient (Wildman–Crippen LogP) is 5.52. The van der Waals surface area contributed by atoms with Gasteiger partial charge in [0.2, 0.25) is 11.8 Å². The summed E-state index contributed by atoms with van der Waals surface area (Å²) in [4.78, 5) is 51.3. The molecule has 0 radical (unpaired) electrons. The number of anilines is 3. The summed E-state index contributed by atoms with van der Waals surface area (Å²) in [6.45, 7) is 18.2. The number of carbonyl (C=O) groups is 3. The molecule has 7 atom stereocenters. The van der Waals surface area contributed by atoms with Crippen LogP contribution in [-0.2, 0) is 14.4 Å². The lowest BCUT2D eigenvalue weighted by Crippen LogP contribution is -2.57. The van der Waals surface area contributed by atoms with E-state index in [4.69, 9.17) is 4.74 Å². The van der Waals surface area contributed by atoms with Crippen LogP contribution in [0.5, 0.6) is 5.75 Å². The average molecular weight is 740 g/mol. The number of thioether (sulfide) groups is 1. The highest BCUT2D eigenvalue weighted by atomic mass is 79.9. The quantitative estimate of drug-likeness (QED) is 0.190. The van der Waals surface area contributed by atoms with Gasteiger partial charge in [-0.25, -0.2) is 0 Å². The topological polar surface area (TPSA) is 93.6 Å². The molecule has 3 heterocycles. The summed E-state index contributed by atoms with van der Waals surface area (Å²) in [5.41, 5.74) is 2.44. The highest BCUT2D eigenvalue weighted by Gasteiger charge is 2.76. The van der Waals surface area contributed by atoms with E-state index < -0.39 is 28.7 Å². The van der Waals surface area contributed by atoms with Crippen molar-refractivity contribution >= 4 is 62.5 Å². The van der Waals surface area contributed by atoms with Crippen LogP contribution in [-0.4, -0.2) is 94.0 Å². The zero-order chi connectivity index (χ0) is 34.7. The van der Waals surface area contributed by atoms with Crippen LogP contribution in [0.3, 0.4) is 0 Å². The summed E-state index contributed by atoms with van der Waals surface area (Å²) in [7, 11) is 0. The summed E-state index contributed by atoms with van der Waals surface area (Å²) in [6, 6.07) is 13.7. The lowest BCUT2D eigenvalue weighted by atomic mass is 9.70. The van der Waals surface area contributed by atoms with Gasteiger partial charge in [0.1, 0.15) is 11.8 Å². The molecule has 0 aliphatic carbocycles. The largest absolute Gasteiger partial charge is 0.494 e. The van der Waals surface area contributed by atoms with Crippen LogP contribution in [0.4, 0.5) is 17.1 Å². The molecule has 0 saturated carbocycles. The van der Waals surface area contributed by atoms with E-state index in [-0.39, 0.29) is 47.5 Å². The second-order valence-corrected chi connectivity index (χ2v) is 15.2. The fourth-order valence-corrected chi connectivity index (χ4v) is 11.3. The van der Waals surface area contributed by atoms with Crippen molar-refractivity contribution in [2.75, 3.05) is 54.1 Å². The molecular weight excluding hydrogens is 692 g/mol. The van der Waals surface area contributed by atoms with Crippen LogP contribution in [0.15, 0.2) is 73.8 Å². The van der Waals surface area contributed by atoms with Crippen LogP contribution in [0.25, 0.3) is 0 Å². The van der Waals surface area contributed by atoms with Crippen molar-refractivity contribution in [1.29, 1.82) is 0 Å². The highest BCUT2D eigenvalue weighted by Crippen LogP contribution is 2.68. The number of carbonyl (C=O) groups excluding carboxylic acids is 3. The summed E-state index contributed by atoms with van der Waals surface area (Å²) >= 11 is 5.46. The molecule has 3 aliphatic heterocycles. The predicted molar refractivity (Wildman–Crippen MR) is 198 cm³/mol. The summed E-state index contributed by atoms with van der Waals surface area (Å²) in [5, 5.41) is 10.2. The van der Waals surface area contributed by atoms with Crippen molar-refractivity contribution in [2.24, 2.45) is 11.8 Å². The first kappa shape index (κ1) is 36.0. The van der Waals surface area contributed by atoms with E-state index >= 15 is 0 Å². The maximum atomic E-state index is 14.9. The van der Waals surface area contributed by atoms with Gasteiger partial charge in [0.05, 0.1) is 35.8 Å². The molecule has 5 rings (SSSR count). The maximum Gasteiger partial charge on any atom is 0.251 e. The number of fused-ring (bicyclic) bond motifs is 1. The summed E-state index contributed by atoms with van der Waals surface area (Å²) in [5.74, 6) is -1.39. The van der Waals surface area contributed by atoms with E-state index in [1.165, 1.54) is 0 Å². The molecule has 3 aliphatic rings. The first-order valence-corrected chi connectivity index (χ1v) is 18.6. The summed E-state index contributed by atoms with van der Waals surface area (Å²) < 4.78 is 4.75. The molecule has 258 valence electrons. The minimum absolute atomic E-state index is 0.0905. The molecule has 11 heteroatoms. The lowest BCUT2D eigenvalue weighted by Gasteiger charge is -2.39. The number of amides is 3. The standard InChI is InChI=1S/C37H47BrN4O5S/c1-7-20-40(27-16-18-28(19-17-27)47-11-5)34(44)30-31-35(45)42(24(6)23-43)33(37(31)22-29(38)32(30)48-37)36(46)41(21-8-2)26-14-12-25(13-15-26)39(9-3)10-4/h7-8,12-19,24,29-33,43H,1-2,9-11,20-23H2,3-6H3/t24-,29?,30-,31+,32-,33?,37?/m1/s1. The number of halogens is 1. The average Bonchev–Trinajstić information content (AvgIpc) is 3.70. The Hall–Kier alpha value is -3.28. The normalized spacial score (nSPS) is 26.2. The molecule has 48 heavy (non-hydrogen) atoms. The van der Waals surface area contributed by atoms with Gasteiger partial charge in [0.15, 0.2) is 0 Å². The van der Waals surface area contributed by atoms with E-state index in [1.54, 1.807) is 45.5 Å². The Bertz CT molecular complexity index is 1500. The number of aliphatic hydroxyl groups is 1. The van der Waals surface area contributed by atoms with Crippen LogP contribution in [0.1, 0.15) is 34.1 Å². The van der Waals surface area contributed by atoms with Crippen LogP contribution in [0, 0.1) is 11.8 Å². The molecule has 1 spiro atoms. The van der Waals surface area contributed by atoms with Crippen molar-refractivity contribution in [3.8, 4) is 5.75 Å². The maximum absolute atomic E-state index is 14.9. The van der Waals surface area contributed by atoms with Crippen LogP contribution in [0.2, 0.25) is 0 Å². The van der Waals surface area contributed by atoms with Gasteiger partial charge < -0.3 is 29.4 Å². The first-order chi connectivity index (χ1) is 23.1.